The number of ether oxygens (including phenoxy) is 1. The molecule has 0 spiro atoms. The van der Waals surface area contributed by atoms with E-state index in [0.717, 1.165) is 24.4 Å². The van der Waals surface area contributed by atoms with Crippen LogP contribution in [0, 0.1) is 11.8 Å². The largest absolute Gasteiger partial charge is 0.492 e. The molecule has 0 amide bonds. The van der Waals surface area contributed by atoms with Crippen LogP contribution in [-0.2, 0) is 4.79 Å². The molecule has 96 valence electrons. The molecular formula is C14H18N2O2. The third-order valence-corrected chi connectivity index (χ3v) is 2.36. The van der Waals surface area contributed by atoms with Gasteiger partial charge in [0.2, 0.25) is 0 Å². The van der Waals surface area contributed by atoms with E-state index in [4.69, 9.17) is 10.5 Å². The molecule has 1 aromatic rings. The Hall–Kier alpha value is -1.83. The Morgan fingerprint density at radius 3 is 3.00 bits per heavy atom. The zero-order valence-electron chi connectivity index (χ0n) is 10.6. The highest BCUT2D eigenvalue weighted by atomic mass is 16.5. The van der Waals surface area contributed by atoms with Crippen molar-refractivity contribution >= 4 is 6.29 Å². The van der Waals surface area contributed by atoms with E-state index in [2.05, 4.69) is 16.7 Å². The molecule has 0 atom stereocenters. The van der Waals surface area contributed by atoms with E-state index >= 15 is 0 Å². The van der Waals surface area contributed by atoms with Crippen LogP contribution in [0.1, 0.15) is 5.56 Å². The van der Waals surface area contributed by atoms with Crippen LogP contribution in [0.3, 0.4) is 0 Å². The molecule has 0 unspecified atom stereocenters. The van der Waals surface area contributed by atoms with Gasteiger partial charge in [-0.25, -0.2) is 0 Å². The average molecular weight is 246 g/mol. The molecule has 1 aromatic carbocycles. The molecule has 4 heteroatoms. The SMILES string of the molecule is CN(CCN)CCOc1cccc(C#CC=O)c1. The maximum atomic E-state index is 10.2. The zero-order valence-corrected chi connectivity index (χ0v) is 10.6. The van der Waals surface area contributed by atoms with Gasteiger partial charge >= 0.3 is 0 Å². The molecule has 0 saturated carbocycles. The highest BCUT2D eigenvalue weighted by Gasteiger charge is 1.98. The molecule has 0 aliphatic rings. The summed E-state index contributed by atoms with van der Waals surface area (Å²) in [5.41, 5.74) is 6.23. The van der Waals surface area contributed by atoms with Crippen LogP contribution in [0.5, 0.6) is 5.75 Å². The van der Waals surface area contributed by atoms with Gasteiger partial charge in [-0.1, -0.05) is 12.0 Å². The van der Waals surface area contributed by atoms with Gasteiger partial charge in [0.1, 0.15) is 12.4 Å². The van der Waals surface area contributed by atoms with Crippen molar-refractivity contribution in [3.05, 3.63) is 29.8 Å². The first-order chi connectivity index (χ1) is 8.76. The van der Waals surface area contributed by atoms with E-state index in [1.807, 2.05) is 31.3 Å². The molecule has 0 aliphatic heterocycles. The van der Waals surface area contributed by atoms with E-state index in [1.165, 1.54) is 0 Å². The minimum Gasteiger partial charge on any atom is -0.492 e. The second kappa shape index (κ2) is 8.29. The number of hydrogen-bond acceptors (Lipinski definition) is 4. The van der Waals surface area contributed by atoms with Crippen molar-refractivity contribution < 1.29 is 9.53 Å². The molecule has 18 heavy (non-hydrogen) atoms. The van der Waals surface area contributed by atoms with Gasteiger partial charge < -0.3 is 15.4 Å². The summed E-state index contributed by atoms with van der Waals surface area (Å²) in [7, 11) is 2.00. The fourth-order valence-corrected chi connectivity index (χ4v) is 1.43. The number of aldehydes is 1. The highest BCUT2D eigenvalue weighted by Crippen LogP contribution is 2.12. The monoisotopic (exact) mass is 246 g/mol. The molecule has 0 aromatic heterocycles. The Morgan fingerprint density at radius 2 is 2.28 bits per heavy atom. The molecule has 2 N–H and O–H groups in total. The van der Waals surface area contributed by atoms with Crippen LogP contribution >= 0.6 is 0 Å². The lowest BCUT2D eigenvalue weighted by molar-refractivity contribution is -0.103. The third kappa shape index (κ3) is 5.48. The van der Waals surface area contributed by atoms with E-state index in [-0.39, 0.29) is 0 Å². The number of hydrogen-bond donors (Lipinski definition) is 1. The number of likely N-dealkylation sites (N-methyl/N-ethyl adjacent to an activating group) is 1. The molecule has 0 saturated heterocycles. The molecule has 0 fully saturated rings. The molecular weight excluding hydrogens is 228 g/mol. The summed E-state index contributed by atoms with van der Waals surface area (Å²) < 4.78 is 5.61. The fourth-order valence-electron chi connectivity index (χ4n) is 1.43. The van der Waals surface area contributed by atoms with Crippen molar-refractivity contribution in [2.45, 2.75) is 0 Å². The van der Waals surface area contributed by atoms with Crippen LogP contribution in [0.25, 0.3) is 0 Å². The normalized spacial score (nSPS) is 9.72. The van der Waals surface area contributed by atoms with E-state index < -0.39 is 0 Å². The van der Waals surface area contributed by atoms with Crippen molar-refractivity contribution in [3.63, 3.8) is 0 Å². The van der Waals surface area contributed by atoms with Crippen LogP contribution in [0.15, 0.2) is 24.3 Å². The van der Waals surface area contributed by atoms with Crippen LogP contribution < -0.4 is 10.5 Å². The van der Waals surface area contributed by atoms with Crippen LogP contribution in [-0.4, -0.2) is 44.5 Å². The maximum absolute atomic E-state index is 10.2. The zero-order chi connectivity index (χ0) is 13.2. The Morgan fingerprint density at radius 1 is 1.44 bits per heavy atom. The summed E-state index contributed by atoms with van der Waals surface area (Å²) in [5.74, 6) is 5.86. The summed E-state index contributed by atoms with van der Waals surface area (Å²) in [6.45, 7) is 2.92. The summed E-state index contributed by atoms with van der Waals surface area (Å²) in [6, 6.07) is 7.38. The predicted molar refractivity (Wildman–Crippen MR) is 71.4 cm³/mol. The van der Waals surface area contributed by atoms with Gasteiger partial charge in [0.05, 0.1) is 0 Å². The van der Waals surface area contributed by atoms with Crippen molar-refractivity contribution in [3.8, 4) is 17.6 Å². The number of carbonyl (C=O) groups excluding carboxylic acids is 1. The standard InChI is InChI=1S/C14H18N2O2/c1-16(8-7-15)9-11-18-14-6-2-4-13(12-14)5-3-10-17/h2,4,6,10,12H,7-9,11,15H2,1H3. The van der Waals surface area contributed by atoms with E-state index in [0.29, 0.717) is 19.4 Å². The van der Waals surface area contributed by atoms with Crippen LogP contribution in [0.4, 0.5) is 0 Å². The number of carbonyl (C=O) groups is 1. The predicted octanol–water partition coefficient (Wildman–Crippen LogP) is 0.506. The minimum absolute atomic E-state index is 0.579. The van der Waals surface area contributed by atoms with E-state index in [9.17, 15) is 4.79 Å². The third-order valence-electron chi connectivity index (χ3n) is 2.36. The maximum Gasteiger partial charge on any atom is 0.193 e. The molecule has 4 nitrogen and oxygen atoms in total. The Bertz CT molecular complexity index is 435. The number of nitrogens with zero attached hydrogens (tertiary/aromatic N) is 1. The first-order valence-electron chi connectivity index (χ1n) is 5.83. The fraction of sp³-hybridized carbons (Fsp3) is 0.357. The first kappa shape index (κ1) is 14.2. The van der Waals surface area contributed by atoms with Crippen molar-refractivity contribution in [1.82, 2.24) is 4.90 Å². The minimum atomic E-state index is 0.579. The Labute approximate surface area is 108 Å². The van der Waals surface area contributed by atoms with Gasteiger partial charge in [0.15, 0.2) is 6.29 Å². The molecule has 0 heterocycles. The summed E-state index contributed by atoms with van der Waals surface area (Å²) in [5, 5.41) is 0. The lowest BCUT2D eigenvalue weighted by atomic mass is 10.2. The second-order valence-corrected chi connectivity index (χ2v) is 3.86. The number of benzene rings is 1. The van der Waals surface area contributed by atoms with Gasteiger partial charge in [-0.15, -0.1) is 0 Å². The summed E-state index contributed by atoms with van der Waals surface area (Å²) in [6.07, 6.45) is 0.579. The second-order valence-electron chi connectivity index (χ2n) is 3.86. The van der Waals surface area contributed by atoms with Gasteiger partial charge in [-0.2, -0.15) is 0 Å². The molecule has 0 aliphatic carbocycles. The number of rotatable bonds is 6. The van der Waals surface area contributed by atoms with E-state index in [1.54, 1.807) is 0 Å². The quantitative estimate of drug-likeness (QED) is 0.587. The Kier molecular flexibility index (Phi) is 6.55. The van der Waals surface area contributed by atoms with Gasteiger partial charge in [0, 0.05) is 25.2 Å². The van der Waals surface area contributed by atoms with Gasteiger partial charge in [-0.05, 0) is 31.2 Å². The topological polar surface area (TPSA) is 55.6 Å². The Balaban J connectivity index is 2.45. The van der Waals surface area contributed by atoms with Crippen molar-refractivity contribution in [1.29, 1.82) is 0 Å². The molecule has 0 bridgehead atoms. The highest BCUT2D eigenvalue weighted by molar-refractivity contribution is 5.74. The molecule has 0 radical (unpaired) electrons. The van der Waals surface area contributed by atoms with Crippen molar-refractivity contribution in [2.24, 2.45) is 5.73 Å². The number of nitrogens with two attached hydrogens (primary N) is 1. The first-order valence-corrected chi connectivity index (χ1v) is 5.83. The lowest BCUT2D eigenvalue weighted by Crippen LogP contribution is -2.29. The average Bonchev–Trinajstić information content (AvgIpc) is 2.37. The summed E-state index contributed by atoms with van der Waals surface area (Å²) >= 11 is 0. The smallest absolute Gasteiger partial charge is 0.193 e. The van der Waals surface area contributed by atoms with Crippen LogP contribution in [0.2, 0.25) is 0 Å². The lowest BCUT2D eigenvalue weighted by Gasteiger charge is -2.15. The summed E-state index contributed by atoms with van der Waals surface area (Å²) in [4.78, 5) is 12.3. The van der Waals surface area contributed by atoms with Gasteiger partial charge in [0.25, 0.3) is 0 Å². The van der Waals surface area contributed by atoms with Crippen molar-refractivity contribution in [2.75, 3.05) is 33.3 Å². The molecule has 1 rings (SSSR count). The van der Waals surface area contributed by atoms with Gasteiger partial charge in [-0.3, -0.25) is 4.79 Å².